The second kappa shape index (κ2) is 11.1. The Labute approximate surface area is 226 Å². The Balaban J connectivity index is 1.44. The molecule has 2 amide bonds. The van der Waals surface area contributed by atoms with E-state index in [-0.39, 0.29) is 24.0 Å². The van der Waals surface area contributed by atoms with E-state index >= 15 is 0 Å². The first-order chi connectivity index (χ1) is 18.9. The molecule has 2 heterocycles. The van der Waals surface area contributed by atoms with Gasteiger partial charge < -0.3 is 25.7 Å². The fourth-order valence-corrected chi connectivity index (χ4v) is 5.03. The number of fused-ring (bicyclic) bond motifs is 1. The number of rotatable bonds is 7. The highest BCUT2D eigenvalue weighted by molar-refractivity contribution is 6.37. The largest absolute Gasteiger partial charge is 0.478 e. The van der Waals surface area contributed by atoms with Gasteiger partial charge in [-0.15, -0.1) is 0 Å². The van der Waals surface area contributed by atoms with Crippen molar-refractivity contribution in [2.45, 2.75) is 6.92 Å². The lowest BCUT2D eigenvalue weighted by atomic mass is 9.96. The number of nitrogens with zero attached hydrogens (tertiary/aromatic N) is 2. The van der Waals surface area contributed by atoms with Gasteiger partial charge in [0.25, 0.3) is 11.8 Å². The number of piperazine rings is 1. The summed E-state index contributed by atoms with van der Waals surface area (Å²) in [6, 6.07) is 19.8. The highest BCUT2D eigenvalue weighted by Crippen LogP contribution is 2.39. The SMILES string of the molecule is Cc1cc2c(cc1C(=O)O)NC(=O)C2=C(Nc1ccc(C(=O)N2CCN(CCO)CC2)cc1)c1ccccc1. The highest BCUT2D eigenvalue weighted by Gasteiger charge is 2.30. The van der Waals surface area contributed by atoms with Crippen LogP contribution in [0, 0.1) is 6.92 Å². The monoisotopic (exact) mass is 526 g/mol. The van der Waals surface area contributed by atoms with Crippen molar-refractivity contribution in [1.82, 2.24) is 9.80 Å². The molecule has 9 nitrogen and oxygen atoms in total. The molecule has 4 N–H and O–H groups in total. The zero-order chi connectivity index (χ0) is 27.5. The number of β-amino-alcohol motifs (C(OH)–C–C–N with tert-alkyl or cyclic N) is 1. The van der Waals surface area contributed by atoms with Gasteiger partial charge in [-0.3, -0.25) is 14.5 Å². The average Bonchev–Trinajstić information content (AvgIpc) is 3.26. The maximum atomic E-state index is 13.2. The van der Waals surface area contributed by atoms with E-state index in [1.807, 2.05) is 47.4 Å². The molecular weight excluding hydrogens is 496 g/mol. The van der Waals surface area contributed by atoms with Gasteiger partial charge in [0.05, 0.1) is 29.1 Å². The number of amides is 2. The summed E-state index contributed by atoms with van der Waals surface area (Å²) in [5.74, 6) is -1.42. The quantitative estimate of drug-likeness (QED) is 0.348. The number of nitrogens with one attached hydrogen (secondary N) is 2. The summed E-state index contributed by atoms with van der Waals surface area (Å²) in [5, 5.41) is 24.8. The van der Waals surface area contributed by atoms with Crippen LogP contribution in [-0.4, -0.2) is 77.1 Å². The molecular formula is C30H30N4O5. The number of aliphatic hydroxyl groups is 1. The summed E-state index contributed by atoms with van der Waals surface area (Å²) >= 11 is 0. The van der Waals surface area contributed by atoms with Crippen molar-refractivity contribution in [3.05, 3.63) is 94.5 Å². The second-order valence-electron chi connectivity index (χ2n) is 9.65. The number of hydrogen-bond acceptors (Lipinski definition) is 6. The number of anilines is 2. The third-order valence-corrected chi connectivity index (χ3v) is 7.13. The lowest BCUT2D eigenvalue weighted by molar-refractivity contribution is -0.110. The second-order valence-corrected chi connectivity index (χ2v) is 9.65. The normalized spacial score (nSPS) is 16.5. The van der Waals surface area contributed by atoms with E-state index in [0.29, 0.717) is 59.0 Å². The minimum Gasteiger partial charge on any atom is -0.478 e. The minimum atomic E-state index is -1.05. The molecule has 1 saturated heterocycles. The summed E-state index contributed by atoms with van der Waals surface area (Å²) in [5.41, 5.74) is 4.83. The van der Waals surface area contributed by atoms with Crippen LogP contribution in [0.1, 0.15) is 37.4 Å². The summed E-state index contributed by atoms with van der Waals surface area (Å²) in [4.78, 5) is 41.8. The highest BCUT2D eigenvalue weighted by atomic mass is 16.4. The maximum absolute atomic E-state index is 13.2. The summed E-state index contributed by atoms with van der Waals surface area (Å²) in [6.07, 6.45) is 0. The first kappa shape index (κ1) is 26.1. The molecule has 0 atom stereocenters. The van der Waals surface area contributed by atoms with Gasteiger partial charge in [0.1, 0.15) is 0 Å². The van der Waals surface area contributed by atoms with Crippen LogP contribution in [0.25, 0.3) is 11.3 Å². The Morgan fingerprint density at radius 1 is 0.949 bits per heavy atom. The molecule has 0 radical (unpaired) electrons. The number of aromatic carboxylic acids is 1. The van der Waals surface area contributed by atoms with Gasteiger partial charge in [0, 0.05) is 49.5 Å². The van der Waals surface area contributed by atoms with Crippen molar-refractivity contribution in [2.24, 2.45) is 0 Å². The molecule has 3 aromatic carbocycles. The van der Waals surface area contributed by atoms with Crippen LogP contribution in [0.3, 0.4) is 0 Å². The topological polar surface area (TPSA) is 122 Å². The van der Waals surface area contributed by atoms with Crippen molar-refractivity contribution in [3.8, 4) is 0 Å². The van der Waals surface area contributed by atoms with Crippen LogP contribution in [0.5, 0.6) is 0 Å². The van der Waals surface area contributed by atoms with Gasteiger partial charge in [-0.25, -0.2) is 4.79 Å². The van der Waals surface area contributed by atoms with Gasteiger partial charge in [0.2, 0.25) is 0 Å². The first-order valence-electron chi connectivity index (χ1n) is 12.8. The Hall–Kier alpha value is -4.47. The van der Waals surface area contributed by atoms with Crippen molar-refractivity contribution >= 4 is 40.4 Å². The number of aryl methyl sites for hydroxylation is 1. The molecule has 0 unspecified atom stereocenters. The number of carbonyl (C=O) groups excluding carboxylic acids is 2. The molecule has 0 spiro atoms. The summed E-state index contributed by atoms with van der Waals surface area (Å²) in [6.45, 7) is 5.13. The van der Waals surface area contributed by atoms with Crippen LogP contribution in [0.2, 0.25) is 0 Å². The molecule has 0 saturated carbocycles. The zero-order valence-corrected chi connectivity index (χ0v) is 21.6. The molecule has 9 heteroatoms. The number of carboxylic acids is 1. The van der Waals surface area contributed by atoms with Crippen LogP contribution >= 0.6 is 0 Å². The molecule has 3 aromatic rings. The molecule has 2 aliphatic rings. The van der Waals surface area contributed by atoms with Crippen molar-refractivity contribution in [2.75, 3.05) is 50.0 Å². The predicted molar refractivity (Wildman–Crippen MR) is 150 cm³/mol. The van der Waals surface area contributed by atoms with E-state index in [1.165, 1.54) is 6.07 Å². The van der Waals surface area contributed by atoms with Crippen LogP contribution < -0.4 is 10.6 Å². The van der Waals surface area contributed by atoms with Gasteiger partial charge in [-0.1, -0.05) is 30.3 Å². The van der Waals surface area contributed by atoms with Crippen molar-refractivity contribution in [1.29, 1.82) is 0 Å². The number of aliphatic hydroxyl groups excluding tert-OH is 1. The van der Waals surface area contributed by atoms with E-state index in [2.05, 4.69) is 15.5 Å². The van der Waals surface area contributed by atoms with Gasteiger partial charge in [-0.2, -0.15) is 0 Å². The summed E-state index contributed by atoms with van der Waals surface area (Å²) < 4.78 is 0. The molecule has 5 rings (SSSR count). The van der Waals surface area contributed by atoms with Crippen molar-refractivity contribution < 1.29 is 24.6 Å². The lowest BCUT2D eigenvalue weighted by Gasteiger charge is -2.34. The number of carbonyl (C=O) groups is 3. The molecule has 39 heavy (non-hydrogen) atoms. The zero-order valence-electron chi connectivity index (χ0n) is 21.6. The molecule has 0 aliphatic carbocycles. The molecule has 0 bridgehead atoms. The fourth-order valence-electron chi connectivity index (χ4n) is 5.03. The van der Waals surface area contributed by atoms with E-state index in [0.717, 1.165) is 18.7 Å². The van der Waals surface area contributed by atoms with Crippen LogP contribution in [0.15, 0.2) is 66.7 Å². The number of hydrogen-bond donors (Lipinski definition) is 4. The van der Waals surface area contributed by atoms with E-state index in [1.54, 1.807) is 25.1 Å². The van der Waals surface area contributed by atoms with Crippen LogP contribution in [0.4, 0.5) is 11.4 Å². The Morgan fingerprint density at radius 3 is 2.28 bits per heavy atom. The number of benzene rings is 3. The summed E-state index contributed by atoms with van der Waals surface area (Å²) in [7, 11) is 0. The van der Waals surface area contributed by atoms with Gasteiger partial charge >= 0.3 is 5.97 Å². The first-order valence-corrected chi connectivity index (χ1v) is 12.8. The van der Waals surface area contributed by atoms with E-state index in [9.17, 15) is 19.5 Å². The number of carboxylic acid groups (broad SMARTS) is 1. The third kappa shape index (κ3) is 5.41. The van der Waals surface area contributed by atoms with Gasteiger partial charge in [0.15, 0.2) is 0 Å². The molecule has 1 fully saturated rings. The maximum Gasteiger partial charge on any atom is 0.336 e. The molecule has 2 aliphatic heterocycles. The smallest absolute Gasteiger partial charge is 0.336 e. The fraction of sp³-hybridized carbons (Fsp3) is 0.233. The Bertz CT molecular complexity index is 1440. The minimum absolute atomic E-state index is 0.0411. The van der Waals surface area contributed by atoms with E-state index < -0.39 is 5.97 Å². The third-order valence-electron chi connectivity index (χ3n) is 7.13. The van der Waals surface area contributed by atoms with Crippen LogP contribution in [-0.2, 0) is 4.79 Å². The average molecular weight is 527 g/mol. The van der Waals surface area contributed by atoms with Gasteiger partial charge in [-0.05, 0) is 54.4 Å². The lowest BCUT2D eigenvalue weighted by Crippen LogP contribution is -2.49. The Kier molecular flexibility index (Phi) is 7.44. The standard InChI is InChI=1S/C30H30N4O5/c1-19-17-24-25(18-23(19)30(38)39)32-28(36)26(24)27(20-5-3-2-4-6-20)31-22-9-7-21(8-10-22)29(37)34-13-11-33(12-14-34)15-16-35/h2-10,17-18,31,35H,11-16H2,1H3,(H,32,36)(H,38,39). The van der Waals surface area contributed by atoms with E-state index in [4.69, 9.17) is 5.11 Å². The predicted octanol–water partition coefficient (Wildman–Crippen LogP) is 3.38. The van der Waals surface area contributed by atoms with Crippen molar-refractivity contribution in [3.63, 3.8) is 0 Å². The molecule has 200 valence electrons. The molecule has 0 aromatic heterocycles. The Morgan fingerprint density at radius 2 is 1.64 bits per heavy atom.